The second-order valence-electron chi connectivity index (χ2n) is 5.73. The van der Waals surface area contributed by atoms with Crippen LogP contribution in [0.2, 0.25) is 0 Å². The van der Waals surface area contributed by atoms with Crippen LogP contribution in [-0.4, -0.2) is 19.8 Å². The Morgan fingerprint density at radius 3 is 1.46 bits per heavy atom. The van der Waals surface area contributed by atoms with E-state index in [9.17, 15) is 29.8 Å². The van der Waals surface area contributed by atoms with E-state index < -0.39 is 21.0 Å². The van der Waals surface area contributed by atoms with Crippen molar-refractivity contribution in [2.75, 3.05) is 0 Å². The summed E-state index contributed by atoms with van der Waals surface area (Å²) in [6, 6.07) is 11.2. The van der Waals surface area contributed by atoms with Gasteiger partial charge in [-0.15, -0.1) is 0 Å². The normalized spacial score (nSPS) is 12.1. The van der Waals surface area contributed by atoms with Gasteiger partial charge in [-0.1, -0.05) is 24.3 Å². The molecule has 1 aromatic heterocycles. The molecule has 2 aromatic carbocycles. The van der Waals surface area contributed by atoms with E-state index in [4.69, 9.17) is 0 Å². The highest BCUT2D eigenvalue weighted by atomic mass is 16.6. The summed E-state index contributed by atoms with van der Waals surface area (Å²) in [5.74, 6) is 0. The SMILES string of the molecule is O=c1[nH]/c(=C\c2cccc([N+](=O)[O-])c2)c(=O)[nH]/c1=C\c1cccc([N+](=O)[O-])c1. The maximum Gasteiger partial charge on any atom is 0.272 e. The first-order valence-corrected chi connectivity index (χ1v) is 7.88. The van der Waals surface area contributed by atoms with Gasteiger partial charge in [0.15, 0.2) is 0 Å². The van der Waals surface area contributed by atoms with Gasteiger partial charge in [0, 0.05) is 24.3 Å². The monoisotopic (exact) mass is 380 g/mol. The van der Waals surface area contributed by atoms with Crippen LogP contribution >= 0.6 is 0 Å². The summed E-state index contributed by atoms with van der Waals surface area (Å²) >= 11 is 0. The highest BCUT2D eigenvalue weighted by Crippen LogP contribution is 2.13. The molecule has 140 valence electrons. The molecule has 0 fully saturated rings. The Morgan fingerprint density at radius 2 is 1.11 bits per heavy atom. The number of benzene rings is 2. The summed E-state index contributed by atoms with van der Waals surface area (Å²) in [4.78, 5) is 49.9. The Kier molecular flexibility index (Phi) is 4.94. The predicted molar refractivity (Wildman–Crippen MR) is 100 cm³/mol. The van der Waals surface area contributed by atoms with Crippen LogP contribution in [-0.2, 0) is 0 Å². The van der Waals surface area contributed by atoms with Gasteiger partial charge in [0.1, 0.15) is 10.7 Å². The van der Waals surface area contributed by atoms with Gasteiger partial charge >= 0.3 is 0 Å². The fraction of sp³-hybridized carbons (Fsp3) is 0. The summed E-state index contributed by atoms with van der Waals surface area (Å²) in [5, 5.41) is 21.5. The van der Waals surface area contributed by atoms with Crippen molar-refractivity contribution < 1.29 is 9.85 Å². The number of nitrogens with one attached hydrogen (secondary N) is 2. The number of nitrogens with zero attached hydrogens (tertiary/aromatic N) is 2. The molecule has 3 rings (SSSR count). The first-order chi connectivity index (χ1) is 13.3. The number of aromatic nitrogens is 2. The van der Waals surface area contributed by atoms with Gasteiger partial charge in [0.2, 0.25) is 0 Å². The van der Waals surface area contributed by atoms with Gasteiger partial charge < -0.3 is 9.97 Å². The van der Waals surface area contributed by atoms with E-state index in [1.807, 2.05) is 0 Å². The third-order valence-corrected chi connectivity index (χ3v) is 3.77. The average Bonchev–Trinajstić information content (AvgIpc) is 2.66. The molecule has 0 unspecified atom stereocenters. The van der Waals surface area contributed by atoms with Crippen molar-refractivity contribution in [2.24, 2.45) is 0 Å². The number of hydrogen-bond donors (Lipinski definition) is 2. The van der Waals surface area contributed by atoms with Crippen molar-refractivity contribution in [3.05, 3.63) is 111 Å². The van der Waals surface area contributed by atoms with E-state index in [1.54, 1.807) is 12.1 Å². The van der Waals surface area contributed by atoms with E-state index in [2.05, 4.69) is 9.97 Å². The zero-order chi connectivity index (χ0) is 20.3. The largest absolute Gasteiger partial charge is 0.316 e. The third-order valence-electron chi connectivity index (χ3n) is 3.77. The average molecular weight is 380 g/mol. The maximum absolute atomic E-state index is 12.3. The molecule has 2 N–H and O–H groups in total. The van der Waals surface area contributed by atoms with Crippen molar-refractivity contribution in [2.45, 2.75) is 0 Å². The van der Waals surface area contributed by atoms with Gasteiger partial charge in [-0.25, -0.2) is 0 Å². The Morgan fingerprint density at radius 1 is 0.714 bits per heavy atom. The van der Waals surface area contributed by atoms with E-state index in [0.29, 0.717) is 11.1 Å². The number of H-pyrrole nitrogens is 2. The highest BCUT2D eigenvalue weighted by molar-refractivity contribution is 5.53. The van der Waals surface area contributed by atoms with Crippen LogP contribution in [0.25, 0.3) is 12.2 Å². The van der Waals surface area contributed by atoms with Gasteiger partial charge in [-0.2, -0.15) is 0 Å². The number of hydrogen-bond acceptors (Lipinski definition) is 6. The van der Waals surface area contributed by atoms with Gasteiger partial charge in [0.25, 0.3) is 22.5 Å². The number of nitro groups is 2. The van der Waals surface area contributed by atoms with Crippen molar-refractivity contribution in [1.29, 1.82) is 0 Å². The molecule has 10 heteroatoms. The first kappa shape index (κ1) is 18.5. The summed E-state index contributed by atoms with van der Waals surface area (Å²) in [7, 11) is 0. The Bertz CT molecular complexity index is 1220. The van der Waals surface area contributed by atoms with Crippen LogP contribution in [0.4, 0.5) is 11.4 Å². The third kappa shape index (κ3) is 4.07. The van der Waals surface area contributed by atoms with Gasteiger partial charge in [0.05, 0.1) is 9.85 Å². The molecule has 0 amide bonds. The van der Waals surface area contributed by atoms with Crippen LogP contribution in [0.15, 0.2) is 58.1 Å². The molecule has 0 spiro atoms. The highest BCUT2D eigenvalue weighted by Gasteiger charge is 2.06. The minimum Gasteiger partial charge on any atom is -0.316 e. The lowest BCUT2D eigenvalue weighted by molar-refractivity contribution is -0.385. The first-order valence-electron chi connectivity index (χ1n) is 7.88. The molecular weight excluding hydrogens is 368 g/mol. The molecule has 0 radical (unpaired) electrons. The molecule has 0 saturated heterocycles. The van der Waals surface area contributed by atoms with Gasteiger partial charge in [-0.05, 0) is 23.3 Å². The van der Waals surface area contributed by atoms with Crippen molar-refractivity contribution in [3.8, 4) is 0 Å². The van der Waals surface area contributed by atoms with Crippen LogP contribution in [0.3, 0.4) is 0 Å². The van der Waals surface area contributed by atoms with E-state index in [1.165, 1.54) is 48.6 Å². The fourth-order valence-corrected chi connectivity index (χ4v) is 2.49. The standard InChI is InChI=1S/C18H12N4O6/c23-17-15(9-11-3-1-5-13(7-11)21(25)26)19-18(24)16(20-17)10-12-4-2-6-14(8-12)22(27)28/h1-10H,(H,19,24)(H,20,23)/b15-9-,16-10-. The van der Waals surface area contributed by atoms with E-state index in [0.717, 1.165) is 0 Å². The quantitative estimate of drug-likeness (QED) is 0.498. The minimum absolute atomic E-state index is 0.0818. The molecular formula is C18H12N4O6. The maximum atomic E-state index is 12.3. The molecule has 0 bridgehead atoms. The molecule has 0 saturated carbocycles. The molecule has 0 aliphatic rings. The summed E-state index contributed by atoms with van der Waals surface area (Å²) < 4.78 is 0. The van der Waals surface area contributed by atoms with Crippen molar-refractivity contribution >= 4 is 23.5 Å². The molecule has 28 heavy (non-hydrogen) atoms. The zero-order valence-corrected chi connectivity index (χ0v) is 14.1. The second kappa shape index (κ2) is 7.50. The predicted octanol–water partition coefficient (Wildman–Crippen LogP) is 0.537. The molecule has 0 aliphatic carbocycles. The Hall–Kier alpha value is -4.34. The molecule has 0 atom stereocenters. The van der Waals surface area contributed by atoms with Crippen molar-refractivity contribution in [3.63, 3.8) is 0 Å². The van der Waals surface area contributed by atoms with Crippen LogP contribution in [0.1, 0.15) is 11.1 Å². The number of non-ortho nitro benzene ring substituents is 2. The summed E-state index contributed by atoms with van der Waals surface area (Å²) in [6.45, 7) is 0. The molecule has 1 heterocycles. The smallest absolute Gasteiger partial charge is 0.272 e. The summed E-state index contributed by atoms with van der Waals surface area (Å²) in [6.07, 6.45) is 2.62. The lowest BCUT2D eigenvalue weighted by atomic mass is 10.2. The number of aromatic amines is 2. The topological polar surface area (TPSA) is 152 Å². The minimum atomic E-state index is -0.622. The van der Waals surface area contributed by atoms with Crippen LogP contribution in [0, 0.1) is 20.2 Å². The number of rotatable bonds is 4. The lowest BCUT2D eigenvalue weighted by Gasteiger charge is -1.96. The second-order valence-corrected chi connectivity index (χ2v) is 5.73. The van der Waals surface area contributed by atoms with Gasteiger partial charge in [-0.3, -0.25) is 29.8 Å². The van der Waals surface area contributed by atoms with E-state index in [-0.39, 0.29) is 22.1 Å². The molecule has 0 aliphatic heterocycles. The van der Waals surface area contributed by atoms with Crippen LogP contribution in [0.5, 0.6) is 0 Å². The number of nitro benzene ring substituents is 2. The zero-order valence-electron chi connectivity index (χ0n) is 14.1. The van der Waals surface area contributed by atoms with Crippen LogP contribution < -0.4 is 21.8 Å². The Labute approximate surface area is 155 Å². The lowest BCUT2D eigenvalue weighted by Crippen LogP contribution is -2.46. The molecule has 3 aromatic rings. The Balaban J connectivity index is 2.09. The summed E-state index contributed by atoms with van der Waals surface area (Å²) in [5.41, 5.74) is -0.812. The molecule has 10 nitrogen and oxygen atoms in total. The fourth-order valence-electron chi connectivity index (χ4n) is 2.49. The van der Waals surface area contributed by atoms with E-state index >= 15 is 0 Å². The van der Waals surface area contributed by atoms with Crippen molar-refractivity contribution in [1.82, 2.24) is 9.97 Å².